The third kappa shape index (κ3) is 4.43. The molecule has 0 aliphatic heterocycles. The molecule has 0 unspecified atom stereocenters. The Morgan fingerprint density at radius 2 is 2.00 bits per heavy atom. The van der Waals surface area contributed by atoms with Gasteiger partial charge in [-0.15, -0.1) is 0 Å². The Kier molecular flexibility index (Phi) is 5.67. The molecule has 0 spiro atoms. The summed E-state index contributed by atoms with van der Waals surface area (Å²) in [4.78, 5) is 36.4. The first-order valence-electron chi connectivity index (χ1n) is 10.1. The van der Waals surface area contributed by atoms with Crippen LogP contribution in [0.5, 0.6) is 0 Å². The number of rotatable bonds is 7. The van der Waals surface area contributed by atoms with E-state index < -0.39 is 23.6 Å². The van der Waals surface area contributed by atoms with E-state index in [4.69, 9.17) is 10.5 Å². The molecule has 1 aromatic heterocycles. The maximum Gasteiger partial charge on any atom is 0.255 e. The van der Waals surface area contributed by atoms with Crippen molar-refractivity contribution in [1.82, 2.24) is 4.57 Å². The number of nitrogens with two attached hydrogens (primary N) is 1. The van der Waals surface area contributed by atoms with E-state index in [1.165, 1.54) is 22.8 Å². The molecule has 3 N–H and O–H groups in total. The minimum Gasteiger partial charge on any atom is -0.377 e. The minimum absolute atomic E-state index is 0.0192. The number of ether oxygens (including phenoxy) is 1. The predicted molar refractivity (Wildman–Crippen MR) is 108 cm³/mol. The molecule has 2 aromatic rings. The van der Waals surface area contributed by atoms with E-state index in [1.54, 1.807) is 24.4 Å². The maximum absolute atomic E-state index is 14.6. The van der Waals surface area contributed by atoms with Gasteiger partial charge in [-0.3, -0.25) is 19.0 Å². The van der Waals surface area contributed by atoms with Crippen LogP contribution in [0, 0.1) is 23.6 Å². The molecule has 0 saturated heterocycles. The van der Waals surface area contributed by atoms with Gasteiger partial charge >= 0.3 is 0 Å². The lowest BCUT2D eigenvalue weighted by atomic mass is 10.0. The van der Waals surface area contributed by atoms with Gasteiger partial charge in [0.1, 0.15) is 5.82 Å². The van der Waals surface area contributed by atoms with Gasteiger partial charge in [0.25, 0.3) is 5.56 Å². The first-order chi connectivity index (χ1) is 14.4. The van der Waals surface area contributed by atoms with E-state index in [-0.39, 0.29) is 29.7 Å². The summed E-state index contributed by atoms with van der Waals surface area (Å²) >= 11 is 0. The van der Waals surface area contributed by atoms with Gasteiger partial charge in [0.2, 0.25) is 11.8 Å². The van der Waals surface area contributed by atoms with Crippen LogP contribution in [0.4, 0.5) is 10.1 Å². The fourth-order valence-electron chi connectivity index (χ4n) is 3.87. The molecule has 0 bridgehead atoms. The Bertz CT molecular complexity index is 1020. The highest BCUT2D eigenvalue weighted by Crippen LogP contribution is 2.37. The summed E-state index contributed by atoms with van der Waals surface area (Å²) in [5.74, 6) is -1.96. The van der Waals surface area contributed by atoms with Gasteiger partial charge < -0.3 is 15.8 Å². The molecule has 2 fully saturated rings. The van der Waals surface area contributed by atoms with Gasteiger partial charge in [-0.25, -0.2) is 4.39 Å². The molecule has 2 amide bonds. The zero-order valence-electron chi connectivity index (χ0n) is 16.4. The molecule has 2 aliphatic carbocycles. The molecule has 0 radical (unpaired) electrons. The molecule has 2 aliphatic rings. The van der Waals surface area contributed by atoms with Crippen molar-refractivity contribution in [3.63, 3.8) is 0 Å². The fourth-order valence-corrected chi connectivity index (χ4v) is 3.87. The SMILES string of the molecule is NC(=O)[C@H]1C[C@@H](C(=O)Nc2ccc(-n3ccccc3=O)cc2F)C[C@@H]1OCC1CC1. The highest BCUT2D eigenvalue weighted by molar-refractivity contribution is 5.93. The van der Waals surface area contributed by atoms with Crippen LogP contribution in [0.1, 0.15) is 25.7 Å². The number of anilines is 1. The summed E-state index contributed by atoms with van der Waals surface area (Å²) in [5, 5.41) is 2.59. The predicted octanol–water partition coefficient (Wildman–Crippen LogP) is 2.22. The fraction of sp³-hybridized carbons (Fsp3) is 0.409. The second-order valence-electron chi connectivity index (χ2n) is 8.05. The van der Waals surface area contributed by atoms with Crippen LogP contribution in [-0.4, -0.2) is 29.1 Å². The lowest BCUT2D eigenvalue weighted by Crippen LogP contribution is -2.31. The second-order valence-corrected chi connectivity index (χ2v) is 8.05. The van der Waals surface area contributed by atoms with Crippen LogP contribution >= 0.6 is 0 Å². The number of aromatic nitrogens is 1. The van der Waals surface area contributed by atoms with Crippen molar-refractivity contribution in [2.45, 2.75) is 31.8 Å². The minimum atomic E-state index is -0.650. The zero-order chi connectivity index (χ0) is 21.3. The summed E-state index contributed by atoms with van der Waals surface area (Å²) in [6, 6.07) is 8.83. The molecule has 2 saturated carbocycles. The number of carbonyl (C=O) groups excluding carboxylic acids is 2. The number of amides is 2. The van der Waals surface area contributed by atoms with E-state index in [1.807, 2.05) is 0 Å². The van der Waals surface area contributed by atoms with Crippen LogP contribution in [0.25, 0.3) is 5.69 Å². The second kappa shape index (κ2) is 8.39. The van der Waals surface area contributed by atoms with Gasteiger partial charge in [-0.2, -0.15) is 0 Å². The topological polar surface area (TPSA) is 103 Å². The van der Waals surface area contributed by atoms with Gasteiger partial charge in [0.15, 0.2) is 0 Å². The van der Waals surface area contributed by atoms with Gasteiger partial charge in [-0.1, -0.05) is 6.07 Å². The standard InChI is InChI=1S/C22H24FN3O4/c23-17-11-15(26-8-2-1-3-20(26)27)6-7-18(17)25-22(29)14-9-16(21(24)28)19(10-14)30-12-13-4-5-13/h1-3,6-8,11,13-14,16,19H,4-5,9-10,12H2,(H2,24,28)(H,25,29)/t14-,16+,19+/m1/s1. The summed E-state index contributed by atoms with van der Waals surface area (Å²) in [6.07, 6.45) is 4.08. The average molecular weight is 413 g/mol. The van der Waals surface area contributed by atoms with E-state index in [9.17, 15) is 18.8 Å². The summed E-state index contributed by atoms with van der Waals surface area (Å²) in [6.45, 7) is 0.581. The third-order valence-electron chi connectivity index (χ3n) is 5.79. The number of pyridine rings is 1. The highest BCUT2D eigenvalue weighted by atomic mass is 19.1. The first-order valence-corrected chi connectivity index (χ1v) is 10.1. The Hall–Kier alpha value is -3.00. The number of hydrogen-bond acceptors (Lipinski definition) is 4. The zero-order valence-corrected chi connectivity index (χ0v) is 16.4. The summed E-state index contributed by atoms with van der Waals surface area (Å²) in [5.41, 5.74) is 5.59. The first kappa shape index (κ1) is 20.3. The normalized spacial score (nSPS) is 23.3. The Labute approximate surface area is 173 Å². The molecular formula is C22H24FN3O4. The van der Waals surface area contributed by atoms with Crippen molar-refractivity contribution in [3.8, 4) is 5.69 Å². The van der Waals surface area contributed by atoms with Crippen molar-refractivity contribution >= 4 is 17.5 Å². The van der Waals surface area contributed by atoms with E-state index in [2.05, 4.69) is 5.32 Å². The maximum atomic E-state index is 14.6. The number of benzene rings is 1. The van der Waals surface area contributed by atoms with Crippen LogP contribution < -0.4 is 16.6 Å². The van der Waals surface area contributed by atoms with Crippen LogP contribution in [0.2, 0.25) is 0 Å². The molecule has 158 valence electrons. The van der Waals surface area contributed by atoms with Gasteiger partial charge in [-0.05, 0) is 49.8 Å². The quantitative estimate of drug-likeness (QED) is 0.726. The van der Waals surface area contributed by atoms with E-state index in [0.29, 0.717) is 24.6 Å². The number of nitrogens with one attached hydrogen (secondary N) is 1. The molecule has 1 heterocycles. The Morgan fingerprint density at radius 1 is 1.20 bits per heavy atom. The number of hydrogen-bond donors (Lipinski definition) is 2. The molecule has 3 atom stereocenters. The Balaban J connectivity index is 1.43. The molecular weight excluding hydrogens is 389 g/mol. The van der Waals surface area contributed by atoms with Crippen molar-refractivity contribution in [2.75, 3.05) is 11.9 Å². The van der Waals surface area contributed by atoms with Crippen molar-refractivity contribution in [1.29, 1.82) is 0 Å². The van der Waals surface area contributed by atoms with Gasteiger partial charge in [0.05, 0.1) is 23.4 Å². The monoisotopic (exact) mass is 413 g/mol. The summed E-state index contributed by atoms with van der Waals surface area (Å²) < 4.78 is 21.7. The van der Waals surface area contributed by atoms with Crippen LogP contribution in [0.3, 0.4) is 0 Å². The number of carbonyl (C=O) groups is 2. The van der Waals surface area contributed by atoms with E-state index >= 15 is 0 Å². The van der Waals surface area contributed by atoms with Crippen molar-refractivity contribution in [2.24, 2.45) is 23.5 Å². The lowest BCUT2D eigenvalue weighted by Gasteiger charge is -2.17. The van der Waals surface area contributed by atoms with Crippen molar-refractivity contribution < 1.29 is 18.7 Å². The lowest BCUT2D eigenvalue weighted by molar-refractivity contribution is -0.125. The smallest absolute Gasteiger partial charge is 0.255 e. The highest BCUT2D eigenvalue weighted by Gasteiger charge is 2.42. The molecule has 1 aromatic carbocycles. The molecule has 30 heavy (non-hydrogen) atoms. The van der Waals surface area contributed by atoms with Crippen LogP contribution in [0.15, 0.2) is 47.4 Å². The molecule has 4 rings (SSSR count). The van der Waals surface area contributed by atoms with Crippen LogP contribution in [-0.2, 0) is 14.3 Å². The Morgan fingerprint density at radius 3 is 2.67 bits per heavy atom. The van der Waals surface area contributed by atoms with Crippen molar-refractivity contribution in [3.05, 3.63) is 58.8 Å². The average Bonchev–Trinajstić information content (AvgIpc) is 3.45. The van der Waals surface area contributed by atoms with E-state index in [0.717, 1.165) is 12.8 Å². The number of primary amides is 1. The molecule has 7 nitrogen and oxygen atoms in total. The van der Waals surface area contributed by atoms with Gasteiger partial charge in [0, 0.05) is 30.9 Å². The largest absolute Gasteiger partial charge is 0.377 e. The third-order valence-corrected chi connectivity index (χ3v) is 5.79. The number of nitrogens with zero attached hydrogens (tertiary/aromatic N) is 1. The summed E-state index contributed by atoms with van der Waals surface area (Å²) in [7, 11) is 0. The molecule has 8 heteroatoms. The number of halogens is 1.